The number of rotatable bonds is 4. The van der Waals surface area contributed by atoms with Gasteiger partial charge in [-0.1, -0.05) is 6.07 Å². The van der Waals surface area contributed by atoms with Crippen molar-refractivity contribution in [2.75, 3.05) is 31.4 Å². The minimum absolute atomic E-state index is 0.184. The average molecular weight is 352 g/mol. The first-order valence-corrected chi connectivity index (χ1v) is 7.49. The third-order valence-electron chi connectivity index (χ3n) is 3.54. The molecule has 0 saturated heterocycles. The summed E-state index contributed by atoms with van der Waals surface area (Å²) in [6.45, 7) is 0.184. The molecule has 0 unspecified atom stereocenters. The summed E-state index contributed by atoms with van der Waals surface area (Å²) in [5, 5.41) is 2.32. The number of amides is 2. The van der Waals surface area contributed by atoms with Crippen molar-refractivity contribution in [1.82, 2.24) is 9.88 Å². The van der Waals surface area contributed by atoms with Gasteiger partial charge in [-0.25, -0.2) is 4.79 Å². The summed E-state index contributed by atoms with van der Waals surface area (Å²) in [4.78, 5) is 19.1. The lowest BCUT2D eigenvalue weighted by Gasteiger charge is -2.21. The summed E-state index contributed by atoms with van der Waals surface area (Å²) in [5.74, 6) is 0. The highest BCUT2D eigenvalue weighted by molar-refractivity contribution is 5.90. The molecule has 0 atom stereocenters. The van der Waals surface area contributed by atoms with E-state index in [0.29, 0.717) is 11.4 Å². The average Bonchev–Trinajstić information content (AvgIpc) is 2.54. The summed E-state index contributed by atoms with van der Waals surface area (Å²) < 4.78 is 39.9. The van der Waals surface area contributed by atoms with Crippen LogP contribution in [0.5, 0.6) is 0 Å². The van der Waals surface area contributed by atoms with Gasteiger partial charge in [0.05, 0.1) is 23.5 Å². The molecule has 1 aromatic heterocycles. The molecule has 2 rings (SSSR count). The van der Waals surface area contributed by atoms with E-state index in [1.165, 1.54) is 24.1 Å². The normalized spacial score (nSPS) is 11.1. The zero-order valence-corrected chi connectivity index (χ0v) is 14.1. The number of alkyl halides is 3. The molecule has 0 spiro atoms. The Morgan fingerprint density at radius 3 is 2.44 bits per heavy atom. The summed E-state index contributed by atoms with van der Waals surface area (Å²) in [5.41, 5.74) is -0.138. The van der Waals surface area contributed by atoms with Crippen molar-refractivity contribution >= 4 is 17.4 Å². The molecule has 1 heterocycles. The maximum atomic E-state index is 13.3. The molecule has 134 valence electrons. The largest absolute Gasteiger partial charge is 0.418 e. The third kappa shape index (κ3) is 4.85. The van der Waals surface area contributed by atoms with Crippen LogP contribution in [-0.2, 0) is 12.7 Å². The second-order valence-electron chi connectivity index (χ2n) is 5.73. The van der Waals surface area contributed by atoms with Crippen LogP contribution < -0.4 is 10.2 Å². The highest BCUT2D eigenvalue weighted by Crippen LogP contribution is 2.37. The van der Waals surface area contributed by atoms with Crippen LogP contribution in [0, 0.1) is 0 Å². The fourth-order valence-electron chi connectivity index (χ4n) is 2.17. The first kappa shape index (κ1) is 18.6. The van der Waals surface area contributed by atoms with E-state index in [1.807, 2.05) is 0 Å². The Labute approximate surface area is 144 Å². The van der Waals surface area contributed by atoms with Crippen molar-refractivity contribution in [2.24, 2.45) is 0 Å². The number of pyridine rings is 1. The van der Waals surface area contributed by atoms with Crippen LogP contribution in [0.3, 0.4) is 0 Å². The van der Waals surface area contributed by atoms with Crippen molar-refractivity contribution in [2.45, 2.75) is 12.7 Å². The first-order valence-electron chi connectivity index (χ1n) is 7.49. The van der Waals surface area contributed by atoms with Crippen molar-refractivity contribution < 1.29 is 18.0 Å². The van der Waals surface area contributed by atoms with Crippen LogP contribution in [0.15, 0.2) is 42.6 Å². The molecule has 0 saturated carbocycles. The van der Waals surface area contributed by atoms with Crippen LogP contribution >= 0.6 is 0 Å². The summed E-state index contributed by atoms with van der Waals surface area (Å²) in [7, 11) is 4.79. The molecule has 1 aromatic carbocycles. The Morgan fingerprint density at radius 2 is 1.88 bits per heavy atom. The van der Waals surface area contributed by atoms with Gasteiger partial charge < -0.3 is 15.1 Å². The molecule has 5 nitrogen and oxygen atoms in total. The number of halogens is 3. The molecule has 0 aliphatic carbocycles. The molecule has 25 heavy (non-hydrogen) atoms. The van der Waals surface area contributed by atoms with Crippen LogP contribution in [-0.4, -0.2) is 37.1 Å². The minimum atomic E-state index is -4.58. The Balaban J connectivity index is 2.19. The first-order chi connectivity index (χ1) is 11.7. The molecule has 0 radical (unpaired) electrons. The van der Waals surface area contributed by atoms with Crippen molar-refractivity contribution in [3.05, 3.63) is 53.9 Å². The maximum Gasteiger partial charge on any atom is 0.418 e. The molecule has 0 bridgehead atoms. The van der Waals surface area contributed by atoms with E-state index in [2.05, 4.69) is 10.3 Å². The predicted molar refractivity (Wildman–Crippen MR) is 90.5 cm³/mol. The number of benzene rings is 1. The Hall–Kier alpha value is -2.77. The van der Waals surface area contributed by atoms with Crippen molar-refractivity contribution in [3.8, 4) is 0 Å². The molecule has 0 aliphatic heterocycles. The molecule has 0 fully saturated rings. The summed E-state index contributed by atoms with van der Waals surface area (Å²) >= 11 is 0. The van der Waals surface area contributed by atoms with Crippen molar-refractivity contribution in [3.63, 3.8) is 0 Å². The SMILES string of the molecule is CN(Cc1ccccn1)C(=O)Nc1ccc(N(C)C)cc1C(F)(F)F. The van der Waals surface area contributed by atoms with Crippen LogP contribution in [0.25, 0.3) is 0 Å². The molecule has 0 aliphatic rings. The van der Waals surface area contributed by atoms with Gasteiger partial charge in [0.1, 0.15) is 0 Å². The van der Waals surface area contributed by atoms with Gasteiger partial charge >= 0.3 is 12.2 Å². The lowest BCUT2D eigenvalue weighted by molar-refractivity contribution is -0.136. The van der Waals surface area contributed by atoms with Gasteiger partial charge in [-0.2, -0.15) is 13.2 Å². The Kier molecular flexibility index (Phi) is 5.51. The number of hydrogen-bond donors (Lipinski definition) is 1. The van der Waals surface area contributed by atoms with Crippen molar-refractivity contribution in [1.29, 1.82) is 0 Å². The topological polar surface area (TPSA) is 48.5 Å². The third-order valence-corrected chi connectivity index (χ3v) is 3.54. The fourth-order valence-corrected chi connectivity index (χ4v) is 2.17. The minimum Gasteiger partial charge on any atom is -0.378 e. The molecule has 2 amide bonds. The number of carbonyl (C=O) groups is 1. The second-order valence-corrected chi connectivity index (χ2v) is 5.73. The van der Waals surface area contributed by atoms with E-state index in [4.69, 9.17) is 0 Å². The standard InChI is InChI=1S/C17H19F3N4O/c1-23(2)13-7-8-15(14(10-13)17(18,19)20)22-16(25)24(3)11-12-6-4-5-9-21-12/h4-10H,11H2,1-3H3,(H,22,25). The van der Waals surface area contributed by atoms with Crippen LogP contribution in [0.1, 0.15) is 11.3 Å². The smallest absolute Gasteiger partial charge is 0.378 e. The van der Waals surface area contributed by atoms with E-state index in [9.17, 15) is 18.0 Å². The van der Waals surface area contributed by atoms with Gasteiger partial charge in [0.15, 0.2) is 0 Å². The number of hydrogen-bond acceptors (Lipinski definition) is 3. The Bertz CT molecular complexity index is 732. The van der Waals surface area contributed by atoms with E-state index in [-0.39, 0.29) is 12.2 Å². The summed E-state index contributed by atoms with van der Waals surface area (Å²) in [6, 6.07) is 8.38. The zero-order chi connectivity index (χ0) is 18.6. The molecule has 1 N–H and O–H groups in total. The maximum absolute atomic E-state index is 13.3. The number of nitrogens with zero attached hydrogens (tertiary/aromatic N) is 3. The second kappa shape index (κ2) is 7.42. The van der Waals surface area contributed by atoms with Gasteiger partial charge in [0, 0.05) is 33.0 Å². The van der Waals surface area contributed by atoms with E-state index in [0.717, 1.165) is 6.07 Å². The van der Waals surface area contributed by atoms with Gasteiger partial charge in [-0.15, -0.1) is 0 Å². The number of anilines is 2. The number of nitrogens with one attached hydrogen (secondary N) is 1. The quantitative estimate of drug-likeness (QED) is 0.910. The lowest BCUT2D eigenvalue weighted by atomic mass is 10.1. The molecule has 2 aromatic rings. The molecule has 8 heteroatoms. The lowest BCUT2D eigenvalue weighted by Crippen LogP contribution is -2.32. The highest BCUT2D eigenvalue weighted by atomic mass is 19.4. The predicted octanol–water partition coefficient (Wildman–Crippen LogP) is 3.83. The van der Waals surface area contributed by atoms with E-state index < -0.39 is 17.8 Å². The van der Waals surface area contributed by atoms with E-state index in [1.54, 1.807) is 43.4 Å². The van der Waals surface area contributed by atoms with Gasteiger partial charge in [-0.3, -0.25) is 4.98 Å². The summed E-state index contributed by atoms with van der Waals surface area (Å²) in [6.07, 6.45) is -2.99. The van der Waals surface area contributed by atoms with Crippen LogP contribution in [0.2, 0.25) is 0 Å². The molecular formula is C17H19F3N4O. The Morgan fingerprint density at radius 1 is 1.16 bits per heavy atom. The van der Waals surface area contributed by atoms with Crippen LogP contribution in [0.4, 0.5) is 29.3 Å². The highest BCUT2D eigenvalue weighted by Gasteiger charge is 2.34. The van der Waals surface area contributed by atoms with Gasteiger partial charge in [-0.05, 0) is 30.3 Å². The zero-order valence-electron chi connectivity index (χ0n) is 14.1. The number of carbonyl (C=O) groups excluding carboxylic acids is 1. The number of aromatic nitrogens is 1. The van der Waals surface area contributed by atoms with Gasteiger partial charge in [0.25, 0.3) is 0 Å². The monoisotopic (exact) mass is 352 g/mol. The molecular weight excluding hydrogens is 333 g/mol. The number of urea groups is 1. The fraction of sp³-hybridized carbons (Fsp3) is 0.294. The van der Waals surface area contributed by atoms with Gasteiger partial charge in [0.2, 0.25) is 0 Å². The van der Waals surface area contributed by atoms with E-state index >= 15 is 0 Å².